The van der Waals surface area contributed by atoms with Crippen molar-refractivity contribution in [2.75, 3.05) is 0 Å². The summed E-state index contributed by atoms with van der Waals surface area (Å²) >= 11 is 0. The van der Waals surface area contributed by atoms with Crippen molar-refractivity contribution < 1.29 is 69.7 Å². The Kier molecular flexibility index (Phi) is 576. The van der Waals surface area contributed by atoms with Crippen LogP contribution >= 0.6 is 0 Å². The van der Waals surface area contributed by atoms with E-state index in [1.165, 1.54) is 0 Å². The van der Waals surface area contributed by atoms with Gasteiger partial charge in [0.15, 0.2) is 0 Å². The second-order valence-corrected chi connectivity index (χ2v) is 0. The molecule has 0 amide bonds. The Morgan fingerprint density at radius 2 is 0.400 bits per heavy atom. The van der Waals surface area contributed by atoms with Gasteiger partial charge in [0.25, 0.3) is 0 Å². The maximum absolute atomic E-state index is 0. The minimum Gasteiger partial charge on any atom is -1.00 e. The van der Waals surface area contributed by atoms with Crippen LogP contribution in [0.4, 0.5) is 0 Å². The first kappa shape index (κ1) is 70.2. The normalized spacial score (nSPS) is 0. The van der Waals surface area contributed by atoms with Crippen molar-refractivity contribution in [2.24, 2.45) is 0 Å². The number of rotatable bonds is 0. The molecule has 5 heteroatoms. The number of halogens is 4. The third-order valence-electron chi connectivity index (χ3n) is 0. The van der Waals surface area contributed by atoms with Crippen LogP contribution in [0, 0.1) is 0 Å². The molecule has 0 saturated carbocycles. The Labute approximate surface area is 69.5 Å². The predicted octanol–water partition coefficient (Wildman–Crippen LogP) is -12.0. The summed E-state index contributed by atoms with van der Waals surface area (Å²) in [6, 6.07) is 0. The molecule has 5 heavy (non-hydrogen) atoms. The molecule has 0 nitrogen and oxygen atoms in total. The molecule has 0 unspecified atom stereocenters. The van der Waals surface area contributed by atoms with Gasteiger partial charge in [0.2, 0.25) is 0 Å². The Morgan fingerprint density at radius 1 is 0.400 bits per heavy atom. The van der Waals surface area contributed by atoms with E-state index in [0.29, 0.717) is 0 Å². The molecule has 0 aliphatic rings. The molecular weight excluding hydrogens is 334 g/mol. The van der Waals surface area contributed by atoms with Gasteiger partial charge in [-0.25, -0.2) is 0 Å². The molecule has 0 spiro atoms. The molecule has 0 aromatic heterocycles. The fourth-order valence-corrected chi connectivity index (χ4v) is 0. The predicted molar refractivity (Wildman–Crippen MR) is 0 cm³/mol. The second-order valence-electron chi connectivity index (χ2n) is 0. The van der Waals surface area contributed by atoms with E-state index >= 15 is 0 Å². The summed E-state index contributed by atoms with van der Waals surface area (Å²) in [6.07, 6.45) is 0. The van der Waals surface area contributed by atoms with Crippen molar-refractivity contribution in [1.29, 1.82) is 0 Å². The summed E-state index contributed by atoms with van der Waals surface area (Å²) in [5.74, 6) is 0. The van der Waals surface area contributed by atoms with Crippen molar-refractivity contribution in [3.05, 3.63) is 0 Å². The van der Waals surface area contributed by atoms with E-state index < -0.39 is 0 Å². The van der Waals surface area contributed by atoms with Crippen LogP contribution in [-0.2, 0) is 20.1 Å². The van der Waals surface area contributed by atoms with Crippen LogP contribution in [0.2, 0.25) is 0 Å². The largest absolute Gasteiger partial charge is 1.00 e. The van der Waals surface area contributed by atoms with E-state index in [-0.39, 0.29) is 69.7 Å². The summed E-state index contributed by atoms with van der Waals surface area (Å²) < 4.78 is 0. The van der Waals surface area contributed by atoms with Crippen LogP contribution in [0.3, 0.4) is 0 Å². The zero-order chi connectivity index (χ0) is 0. The van der Waals surface area contributed by atoms with E-state index in [2.05, 4.69) is 0 Å². The molecule has 0 aromatic carbocycles. The van der Waals surface area contributed by atoms with Crippen molar-refractivity contribution in [2.45, 2.75) is 0 Å². The summed E-state index contributed by atoms with van der Waals surface area (Å²) in [7, 11) is 0. The minimum atomic E-state index is 0. The topological polar surface area (TPSA) is 0 Å². The van der Waals surface area contributed by atoms with E-state index in [9.17, 15) is 0 Å². The Balaban J connectivity index is 0. The molecule has 0 saturated heterocycles. The van der Waals surface area contributed by atoms with Gasteiger partial charge in [0.1, 0.15) is 0 Å². The van der Waals surface area contributed by atoms with Crippen LogP contribution in [0.15, 0.2) is 0 Å². The first-order valence-electron chi connectivity index (χ1n) is 0. The average Bonchev–Trinajstić information content (AvgIpc) is 0. The second kappa shape index (κ2) is 41.0. The van der Waals surface area contributed by atoms with Gasteiger partial charge in [-0.1, -0.05) is 0 Å². The molecule has 41 valence electrons. The van der Waals surface area contributed by atoms with Crippen LogP contribution in [0.5, 0.6) is 0 Å². The van der Waals surface area contributed by atoms with Gasteiger partial charge in [-0.05, 0) is 0 Å². The van der Waals surface area contributed by atoms with Gasteiger partial charge in [-0.2, -0.15) is 0 Å². The van der Waals surface area contributed by atoms with E-state index in [4.69, 9.17) is 0 Å². The standard InChI is InChI=1S/4ClH.Ir/h4*1H;/p-4. The maximum Gasteiger partial charge on any atom is 0 e. The van der Waals surface area contributed by atoms with E-state index in [1.54, 1.807) is 0 Å². The van der Waals surface area contributed by atoms with Crippen molar-refractivity contribution in [1.82, 2.24) is 0 Å². The molecule has 0 aliphatic carbocycles. The number of hydrogen-bond acceptors (Lipinski definition) is 0. The summed E-state index contributed by atoms with van der Waals surface area (Å²) in [6.45, 7) is 0. The summed E-state index contributed by atoms with van der Waals surface area (Å²) in [5.41, 5.74) is 0. The molecule has 0 rings (SSSR count). The number of hydrogen-bond donors (Lipinski definition) is 0. The Bertz CT molecular complexity index is 3.61. The summed E-state index contributed by atoms with van der Waals surface area (Å²) in [4.78, 5) is 0. The SMILES string of the molecule is [Cl-].[Cl-].[Cl-].[Cl-].[Ir]. The molecule has 1 radical (unpaired) electrons. The van der Waals surface area contributed by atoms with Gasteiger partial charge in [-0.3, -0.25) is 0 Å². The molecule has 0 atom stereocenters. The molecule has 0 bridgehead atoms. The maximum atomic E-state index is 0. The van der Waals surface area contributed by atoms with E-state index in [1.807, 2.05) is 0 Å². The molecule has 0 fully saturated rings. The average molecular weight is 334 g/mol. The van der Waals surface area contributed by atoms with Crippen LogP contribution in [0.25, 0.3) is 0 Å². The minimum absolute atomic E-state index is 0. The third-order valence-corrected chi connectivity index (χ3v) is 0. The van der Waals surface area contributed by atoms with Crippen molar-refractivity contribution in [3.8, 4) is 0 Å². The zero-order valence-electron chi connectivity index (χ0n) is 1.85. The Hall–Kier alpha value is 1.81. The molecule has 0 N–H and O–H groups in total. The fraction of sp³-hybridized carbons (Fsp3) is 0. The first-order valence-corrected chi connectivity index (χ1v) is 0. The smallest absolute Gasteiger partial charge is 0 e. The van der Waals surface area contributed by atoms with Crippen LogP contribution in [0.1, 0.15) is 0 Å². The first-order chi connectivity index (χ1) is 0. The molecular formula is Cl4Ir-4. The quantitative estimate of drug-likeness (QED) is 0.413. The van der Waals surface area contributed by atoms with Gasteiger partial charge in [0.05, 0.1) is 0 Å². The van der Waals surface area contributed by atoms with Crippen LogP contribution in [-0.4, -0.2) is 0 Å². The van der Waals surface area contributed by atoms with Gasteiger partial charge in [-0.15, -0.1) is 0 Å². The third kappa shape index (κ3) is 25.8. The van der Waals surface area contributed by atoms with Gasteiger partial charge in [0, 0.05) is 20.1 Å². The van der Waals surface area contributed by atoms with Crippen LogP contribution < -0.4 is 49.6 Å². The van der Waals surface area contributed by atoms with Gasteiger partial charge >= 0.3 is 0 Å². The molecule has 0 aliphatic heterocycles. The van der Waals surface area contributed by atoms with Gasteiger partial charge < -0.3 is 49.6 Å². The van der Waals surface area contributed by atoms with Crippen molar-refractivity contribution in [3.63, 3.8) is 0 Å². The zero-order valence-corrected chi connectivity index (χ0v) is 7.26. The van der Waals surface area contributed by atoms with Crippen molar-refractivity contribution >= 4 is 0 Å². The Morgan fingerprint density at radius 3 is 0.400 bits per heavy atom. The molecule has 0 heterocycles. The monoisotopic (exact) mass is 333 g/mol. The molecule has 0 aromatic rings. The van der Waals surface area contributed by atoms with E-state index in [0.717, 1.165) is 0 Å². The summed E-state index contributed by atoms with van der Waals surface area (Å²) in [5, 5.41) is 0. The fourth-order valence-electron chi connectivity index (χ4n) is 0.